The summed E-state index contributed by atoms with van der Waals surface area (Å²) < 4.78 is 34.5. The molecule has 2 aromatic carbocycles. The van der Waals surface area contributed by atoms with Crippen LogP contribution in [0.3, 0.4) is 0 Å². The standard InChI is InChI=1S/C16H16F2N2O4/c1-2-23-15-9-11(7-8-14(15)24-16(17)18)10-19-12-5-3-4-6-13(12)20(21)22/h3-9,16,19H,2,10H2,1H3. The van der Waals surface area contributed by atoms with Gasteiger partial charge in [0.15, 0.2) is 11.5 Å². The summed E-state index contributed by atoms with van der Waals surface area (Å²) in [6, 6.07) is 10.8. The summed E-state index contributed by atoms with van der Waals surface area (Å²) in [5, 5.41) is 13.9. The van der Waals surface area contributed by atoms with E-state index in [1.165, 1.54) is 12.1 Å². The molecule has 6 nitrogen and oxygen atoms in total. The topological polar surface area (TPSA) is 73.6 Å². The van der Waals surface area contributed by atoms with E-state index in [4.69, 9.17) is 4.74 Å². The van der Waals surface area contributed by atoms with Crippen molar-refractivity contribution in [2.75, 3.05) is 11.9 Å². The van der Waals surface area contributed by atoms with Crippen LogP contribution in [-0.4, -0.2) is 18.1 Å². The Bertz CT molecular complexity index is 710. The fourth-order valence-electron chi connectivity index (χ4n) is 2.10. The van der Waals surface area contributed by atoms with Gasteiger partial charge in [-0.1, -0.05) is 18.2 Å². The first-order chi connectivity index (χ1) is 11.5. The Labute approximate surface area is 137 Å². The molecule has 2 aromatic rings. The van der Waals surface area contributed by atoms with Crippen molar-refractivity contribution in [2.24, 2.45) is 0 Å². The van der Waals surface area contributed by atoms with Crippen LogP contribution in [0.1, 0.15) is 12.5 Å². The SMILES string of the molecule is CCOc1cc(CNc2ccccc2[N+](=O)[O-])ccc1OC(F)F. The van der Waals surface area contributed by atoms with Crippen LogP contribution in [-0.2, 0) is 6.54 Å². The molecule has 0 heterocycles. The van der Waals surface area contributed by atoms with Crippen LogP contribution in [0.4, 0.5) is 20.2 Å². The zero-order valence-electron chi connectivity index (χ0n) is 12.9. The Balaban J connectivity index is 2.15. The predicted molar refractivity (Wildman–Crippen MR) is 84.7 cm³/mol. The zero-order valence-corrected chi connectivity index (χ0v) is 12.9. The lowest BCUT2D eigenvalue weighted by Gasteiger charge is -2.13. The number of nitrogens with zero attached hydrogens (tertiary/aromatic N) is 1. The third-order valence-electron chi connectivity index (χ3n) is 3.11. The second-order valence-corrected chi connectivity index (χ2v) is 4.72. The average Bonchev–Trinajstić information content (AvgIpc) is 2.55. The minimum atomic E-state index is -2.94. The molecule has 0 amide bonds. The zero-order chi connectivity index (χ0) is 17.5. The van der Waals surface area contributed by atoms with E-state index >= 15 is 0 Å². The summed E-state index contributed by atoms with van der Waals surface area (Å²) in [5.41, 5.74) is 1.03. The van der Waals surface area contributed by atoms with E-state index in [1.54, 1.807) is 37.3 Å². The lowest BCUT2D eigenvalue weighted by atomic mass is 10.2. The molecule has 0 aliphatic heterocycles. The number of benzene rings is 2. The van der Waals surface area contributed by atoms with E-state index in [9.17, 15) is 18.9 Å². The fraction of sp³-hybridized carbons (Fsp3) is 0.250. The van der Waals surface area contributed by atoms with E-state index in [0.717, 1.165) is 0 Å². The number of para-hydroxylation sites is 2. The second kappa shape index (κ2) is 8.09. The van der Waals surface area contributed by atoms with E-state index in [1.807, 2.05) is 0 Å². The maximum Gasteiger partial charge on any atom is 0.387 e. The smallest absolute Gasteiger partial charge is 0.387 e. The van der Waals surface area contributed by atoms with E-state index < -0.39 is 11.5 Å². The normalized spacial score (nSPS) is 10.5. The monoisotopic (exact) mass is 338 g/mol. The molecule has 0 saturated heterocycles. The molecule has 24 heavy (non-hydrogen) atoms. The molecule has 0 aliphatic rings. The van der Waals surface area contributed by atoms with Crippen LogP contribution in [0.25, 0.3) is 0 Å². The molecule has 8 heteroatoms. The Morgan fingerprint density at radius 3 is 2.62 bits per heavy atom. The van der Waals surface area contributed by atoms with Crippen LogP contribution >= 0.6 is 0 Å². The van der Waals surface area contributed by atoms with Gasteiger partial charge in [-0.15, -0.1) is 0 Å². The molecule has 128 valence electrons. The van der Waals surface area contributed by atoms with Gasteiger partial charge in [-0.25, -0.2) is 0 Å². The maximum atomic E-state index is 12.4. The second-order valence-electron chi connectivity index (χ2n) is 4.72. The summed E-state index contributed by atoms with van der Waals surface area (Å²) in [5.74, 6) is 0.140. The number of halogens is 2. The molecule has 0 bridgehead atoms. The van der Waals surface area contributed by atoms with Gasteiger partial charge < -0.3 is 14.8 Å². The molecule has 2 rings (SSSR count). The number of hydrogen-bond donors (Lipinski definition) is 1. The number of hydrogen-bond acceptors (Lipinski definition) is 5. The Kier molecular flexibility index (Phi) is 5.89. The first-order valence-corrected chi connectivity index (χ1v) is 7.19. The van der Waals surface area contributed by atoms with Crippen LogP contribution < -0.4 is 14.8 Å². The Morgan fingerprint density at radius 2 is 1.96 bits per heavy atom. The number of nitrogens with one attached hydrogen (secondary N) is 1. The highest BCUT2D eigenvalue weighted by molar-refractivity contribution is 5.61. The summed E-state index contributed by atoms with van der Waals surface area (Å²) in [7, 11) is 0. The minimum Gasteiger partial charge on any atom is -0.490 e. The highest BCUT2D eigenvalue weighted by Crippen LogP contribution is 2.31. The third-order valence-corrected chi connectivity index (χ3v) is 3.11. The van der Waals surface area contributed by atoms with Crippen molar-refractivity contribution in [1.29, 1.82) is 0 Å². The average molecular weight is 338 g/mol. The highest BCUT2D eigenvalue weighted by atomic mass is 19.3. The van der Waals surface area contributed by atoms with Crippen molar-refractivity contribution >= 4 is 11.4 Å². The summed E-state index contributed by atoms with van der Waals surface area (Å²) in [6.07, 6.45) is 0. The van der Waals surface area contributed by atoms with Crippen LogP contribution in [0.5, 0.6) is 11.5 Å². The molecule has 0 aromatic heterocycles. The van der Waals surface area contributed by atoms with E-state index in [-0.39, 0.29) is 23.7 Å². The third kappa shape index (κ3) is 4.55. The highest BCUT2D eigenvalue weighted by Gasteiger charge is 2.14. The fourth-order valence-corrected chi connectivity index (χ4v) is 2.10. The molecule has 0 fully saturated rings. The minimum absolute atomic E-state index is 0.0415. The lowest BCUT2D eigenvalue weighted by molar-refractivity contribution is -0.384. The summed E-state index contributed by atoms with van der Waals surface area (Å²) in [6.45, 7) is -0.662. The Hall–Kier alpha value is -2.90. The van der Waals surface area contributed by atoms with Crippen molar-refractivity contribution < 1.29 is 23.2 Å². The molecule has 0 aliphatic carbocycles. The van der Waals surface area contributed by atoms with Gasteiger partial charge in [-0.2, -0.15) is 8.78 Å². The maximum absolute atomic E-state index is 12.4. The largest absolute Gasteiger partial charge is 0.490 e. The van der Waals surface area contributed by atoms with Gasteiger partial charge >= 0.3 is 6.61 Å². The number of anilines is 1. The van der Waals surface area contributed by atoms with Crippen molar-refractivity contribution in [3.05, 3.63) is 58.1 Å². The van der Waals surface area contributed by atoms with Gasteiger partial charge in [0, 0.05) is 12.6 Å². The van der Waals surface area contributed by atoms with E-state index in [2.05, 4.69) is 10.1 Å². The van der Waals surface area contributed by atoms with Crippen LogP contribution in [0, 0.1) is 10.1 Å². The molecule has 0 saturated carbocycles. The Morgan fingerprint density at radius 1 is 1.21 bits per heavy atom. The quantitative estimate of drug-likeness (QED) is 0.576. The number of alkyl halides is 2. The molecule has 0 spiro atoms. The lowest BCUT2D eigenvalue weighted by Crippen LogP contribution is -2.06. The van der Waals surface area contributed by atoms with Gasteiger partial charge in [0.1, 0.15) is 5.69 Å². The van der Waals surface area contributed by atoms with Gasteiger partial charge in [-0.3, -0.25) is 10.1 Å². The van der Waals surface area contributed by atoms with Gasteiger partial charge in [-0.05, 0) is 30.7 Å². The first-order valence-electron chi connectivity index (χ1n) is 7.19. The summed E-state index contributed by atoms with van der Waals surface area (Å²) >= 11 is 0. The van der Waals surface area contributed by atoms with Gasteiger partial charge in [0.2, 0.25) is 0 Å². The first kappa shape index (κ1) is 17.5. The number of nitro groups is 1. The number of ether oxygens (including phenoxy) is 2. The molecule has 0 radical (unpaired) electrons. The van der Waals surface area contributed by atoms with E-state index in [0.29, 0.717) is 17.9 Å². The van der Waals surface area contributed by atoms with Crippen LogP contribution in [0.2, 0.25) is 0 Å². The molecule has 0 atom stereocenters. The number of nitro benzene ring substituents is 1. The van der Waals surface area contributed by atoms with Crippen molar-refractivity contribution in [1.82, 2.24) is 0 Å². The summed E-state index contributed by atoms with van der Waals surface area (Å²) in [4.78, 5) is 10.5. The molecule has 0 unspecified atom stereocenters. The molecular formula is C16H16F2N2O4. The van der Waals surface area contributed by atoms with Crippen LogP contribution in [0.15, 0.2) is 42.5 Å². The molecule has 1 N–H and O–H groups in total. The van der Waals surface area contributed by atoms with Gasteiger partial charge in [0.25, 0.3) is 5.69 Å². The van der Waals surface area contributed by atoms with Crippen molar-refractivity contribution in [3.63, 3.8) is 0 Å². The van der Waals surface area contributed by atoms with Crippen molar-refractivity contribution in [2.45, 2.75) is 20.1 Å². The predicted octanol–water partition coefficient (Wildman–Crippen LogP) is 4.21. The number of rotatable bonds is 8. The molecular weight excluding hydrogens is 322 g/mol. The van der Waals surface area contributed by atoms with Crippen molar-refractivity contribution in [3.8, 4) is 11.5 Å². The van der Waals surface area contributed by atoms with Gasteiger partial charge in [0.05, 0.1) is 11.5 Å².